The van der Waals surface area contributed by atoms with Crippen LogP contribution in [0.2, 0.25) is 0 Å². The lowest BCUT2D eigenvalue weighted by molar-refractivity contribution is -0.119. The van der Waals surface area contributed by atoms with Crippen LogP contribution in [0, 0.1) is 0 Å². The summed E-state index contributed by atoms with van der Waals surface area (Å²) in [6.45, 7) is 5.19. The summed E-state index contributed by atoms with van der Waals surface area (Å²) >= 11 is 0. The first kappa shape index (κ1) is 17.4. The zero-order valence-corrected chi connectivity index (χ0v) is 15.5. The van der Waals surface area contributed by atoms with Gasteiger partial charge in [-0.05, 0) is 36.6 Å². The molecule has 0 N–H and O–H groups in total. The predicted molar refractivity (Wildman–Crippen MR) is 94.7 cm³/mol. The summed E-state index contributed by atoms with van der Waals surface area (Å²) in [5.74, 6) is 0.0654. The van der Waals surface area contributed by atoms with Crippen LogP contribution in [-0.4, -0.2) is 38.8 Å². The second kappa shape index (κ2) is 6.15. The highest BCUT2D eigenvalue weighted by Gasteiger charge is 2.36. The Balaban J connectivity index is 2.03. The van der Waals surface area contributed by atoms with Crippen LogP contribution in [0.4, 0.5) is 5.69 Å². The number of nitrogens with zero attached hydrogens (tertiary/aromatic N) is 2. The van der Waals surface area contributed by atoms with Crippen LogP contribution in [-0.2, 0) is 20.2 Å². The summed E-state index contributed by atoms with van der Waals surface area (Å²) < 4.78 is 27.7. The molecule has 2 aliphatic rings. The Morgan fingerprint density at radius 1 is 1.04 bits per heavy atom. The van der Waals surface area contributed by atoms with Gasteiger partial charge in [0.15, 0.2) is 0 Å². The van der Waals surface area contributed by atoms with Gasteiger partial charge in [0, 0.05) is 37.7 Å². The Hall–Kier alpha value is -1.40. The summed E-state index contributed by atoms with van der Waals surface area (Å²) in [7, 11) is -1.72. The normalized spacial score (nSPS) is 22.1. The van der Waals surface area contributed by atoms with Crippen LogP contribution >= 0.6 is 0 Å². The van der Waals surface area contributed by atoms with E-state index in [0.717, 1.165) is 36.9 Å². The summed E-state index contributed by atoms with van der Waals surface area (Å²) in [5.41, 5.74) is 1.38. The molecule has 0 spiro atoms. The first-order valence-electron chi connectivity index (χ1n) is 8.65. The van der Waals surface area contributed by atoms with Gasteiger partial charge in [0.05, 0.1) is 4.90 Å². The van der Waals surface area contributed by atoms with Gasteiger partial charge in [-0.25, -0.2) is 8.42 Å². The number of fused-ring (bicyclic) bond motifs is 1. The van der Waals surface area contributed by atoms with Gasteiger partial charge in [0.25, 0.3) is 0 Å². The molecule has 1 aromatic carbocycles. The quantitative estimate of drug-likeness (QED) is 0.824. The number of sulfonamides is 1. The van der Waals surface area contributed by atoms with E-state index in [1.54, 1.807) is 34.5 Å². The summed E-state index contributed by atoms with van der Waals surface area (Å²) in [4.78, 5) is 14.1. The monoisotopic (exact) mass is 350 g/mol. The van der Waals surface area contributed by atoms with E-state index >= 15 is 0 Å². The molecular weight excluding hydrogens is 324 g/mol. The van der Waals surface area contributed by atoms with E-state index in [1.807, 2.05) is 13.8 Å². The first-order chi connectivity index (χ1) is 11.2. The predicted octanol–water partition coefficient (Wildman–Crippen LogP) is 2.90. The number of carbonyl (C=O) groups excluding carboxylic acids is 1. The number of hydrogen-bond donors (Lipinski definition) is 0. The fourth-order valence-corrected chi connectivity index (χ4v) is 5.21. The third-order valence-corrected chi connectivity index (χ3v) is 7.12. The van der Waals surface area contributed by atoms with Gasteiger partial charge in [0.2, 0.25) is 15.9 Å². The van der Waals surface area contributed by atoms with Gasteiger partial charge in [-0.2, -0.15) is 4.31 Å². The average molecular weight is 350 g/mol. The molecule has 0 unspecified atom stereocenters. The zero-order valence-electron chi connectivity index (χ0n) is 14.7. The third kappa shape index (κ3) is 2.97. The number of benzene rings is 1. The van der Waals surface area contributed by atoms with Crippen molar-refractivity contribution in [1.29, 1.82) is 0 Å². The first-order valence-corrected chi connectivity index (χ1v) is 10.1. The van der Waals surface area contributed by atoms with E-state index in [2.05, 4.69) is 0 Å². The van der Waals surface area contributed by atoms with Crippen molar-refractivity contribution in [1.82, 2.24) is 4.31 Å². The second-order valence-corrected chi connectivity index (χ2v) is 9.45. The molecule has 3 rings (SSSR count). The Morgan fingerprint density at radius 2 is 1.67 bits per heavy atom. The molecule has 1 aromatic rings. The van der Waals surface area contributed by atoms with E-state index in [0.29, 0.717) is 24.4 Å². The van der Waals surface area contributed by atoms with Gasteiger partial charge in [-0.3, -0.25) is 4.79 Å². The van der Waals surface area contributed by atoms with E-state index in [9.17, 15) is 13.2 Å². The third-order valence-electron chi connectivity index (χ3n) is 5.23. The molecule has 0 atom stereocenters. The molecule has 1 fully saturated rings. The highest BCUT2D eigenvalue weighted by atomic mass is 32.2. The van der Waals surface area contributed by atoms with Crippen LogP contribution in [0.3, 0.4) is 0 Å². The molecule has 0 bridgehead atoms. The molecule has 24 heavy (non-hydrogen) atoms. The van der Waals surface area contributed by atoms with Gasteiger partial charge in [0.1, 0.15) is 0 Å². The van der Waals surface area contributed by atoms with Crippen LogP contribution in [0.1, 0.15) is 51.5 Å². The van der Waals surface area contributed by atoms with Crippen molar-refractivity contribution < 1.29 is 13.2 Å². The van der Waals surface area contributed by atoms with E-state index in [1.165, 1.54) is 0 Å². The molecule has 6 heteroatoms. The maximum atomic E-state index is 13.0. The smallest absolute Gasteiger partial charge is 0.243 e. The lowest BCUT2D eigenvalue weighted by Crippen LogP contribution is -2.40. The van der Waals surface area contributed by atoms with Crippen LogP contribution in [0.25, 0.3) is 0 Å². The van der Waals surface area contributed by atoms with E-state index in [4.69, 9.17) is 0 Å². The van der Waals surface area contributed by atoms with Crippen molar-refractivity contribution >= 4 is 21.6 Å². The number of anilines is 1. The molecule has 0 aromatic heterocycles. The van der Waals surface area contributed by atoms with Gasteiger partial charge in [-0.1, -0.05) is 26.7 Å². The van der Waals surface area contributed by atoms with Crippen LogP contribution in [0.15, 0.2) is 23.1 Å². The van der Waals surface area contributed by atoms with Crippen molar-refractivity contribution in [3.8, 4) is 0 Å². The SMILES string of the molecule is CN1C(=O)CC(C)(C)c2cc(S(=O)(=O)N3CCCCCC3)ccc21. The minimum atomic E-state index is -3.47. The summed E-state index contributed by atoms with van der Waals surface area (Å²) in [6, 6.07) is 5.20. The number of rotatable bonds is 2. The van der Waals surface area contributed by atoms with Gasteiger partial charge >= 0.3 is 0 Å². The summed E-state index contributed by atoms with van der Waals surface area (Å²) in [6.07, 6.45) is 4.43. The van der Waals surface area contributed by atoms with Crippen molar-refractivity contribution in [3.63, 3.8) is 0 Å². The van der Waals surface area contributed by atoms with Crippen molar-refractivity contribution in [2.45, 2.75) is 56.3 Å². The van der Waals surface area contributed by atoms with Crippen molar-refractivity contribution in [2.75, 3.05) is 25.0 Å². The van der Waals surface area contributed by atoms with Crippen LogP contribution < -0.4 is 4.90 Å². The molecule has 0 saturated carbocycles. The number of carbonyl (C=O) groups is 1. The zero-order chi connectivity index (χ0) is 17.5. The Bertz CT molecular complexity index is 748. The average Bonchev–Trinajstić information content (AvgIpc) is 2.81. The highest BCUT2D eigenvalue weighted by Crippen LogP contribution is 2.41. The standard InChI is InChI=1S/C18H26N2O3S/c1-18(2)13-17(21)19(3)16-9-8-14(12-15(16)18)24(22,23)20-10-6-4-5-7-11-20/h8-9,12H,4-7,10-11,13H2,1-3H3. The fraction of sp³-hybridized carbons (Fsp3) is 0.611. The lowest BCUT2D eigenvalue weighted by atomic mass is 9.77. The number of amides is 1. The van der Waals surface area contributed by atoms with Gasteiger partial charge < -0.3 is 4.90 Å². The van der Waals surface area contributed by atoms with Gasteiger partial charge in [-0.15, -0.1) is 0 Å². The minimum absolute atomic E-state index is 0.0654. The lowest BCUT2D eigenvalue weighted by Gasteiger charge is -2.37. The molecule has 0 radical (unpaired) electrons. The molecule has 132 valence electrons. The number of hydrogen-bond acceptors (Lipinski definition) is 3. The minimum Gasteiger partial charge on any atom is -0.315 e. The summed E-state index contributed by atoms with van der Waals surface area (Å²) in [5, 5.41) is 0. The molecule has 1 saturated heterocycles. The second-order valence-electron chi connectivity index (χ2n) is 7.51. The highest BCUT2D eigenvalue weighted by molar-refractivity contribution is 7.89. The van der Waals surface area contributed by atoms with Crippen molar-refractivity contribution in [2.24, 2.45) is 0 Å². The molecule has 5 nitrogen and oxygen atoms in total. The molecule has 2 aliphatic heterocycles. The molecule has 0 aliphatic carbocycles. The van der Waals surface area contributed by atoms with Crippen LogP contribution in [0.5, 0.6) is 0 Å². The Morgan fingerprint density at radius 3 is 2.29 bits per heavy atom. The topological polar surface area (TPSA) is 57.7 Å². The van der Waals surface area contributed by atoms with E-state index < -0.39 is 10.0 Å². The van der Waals surface area contributed by atoms with Crippen molar-refractivity contribution in [3.05, 3.63) is 23.8 Å². The Kier molecular flexibility index (Phi) is 4.47. The maximum Gasteiger partial charge on any atom is 0.243 e. The molecule has 2 heterocycles. The largest absolute Gasteiger partial charge is 0.315 e. The van der Waals surface area contributed by atoms with E-state index in [-0.39, 0.29) is 11.3 Å². The Labute approximate surface area is 144 Å². The molecule has 1 amide bonds. The fourth-order valence-electron chi connectivity index (χ4n) is 3.67. The maximum absolute atomic E-state index is 13.0. The molecular formula is C18H26N2O3S.